The van der Waals surface area contributed by atoms with Gasteiger partial charge in [-0.3, -0.25) is 0 Å². The van der Waals surface area contributed by atoms with Gasteiger partial charge in [0, 0.05) is 17.4 Å². The van der Waals surface area contributed by atoms with Crippen LogP contribution in [0.4, 0.5) is 4.39 Å². The molecule has 0 aliphatic rings. The van der Waals surface area contributed by atoms with E-state index in [2.05, 4.69) is 25.9 Å². The van der Waals surface area contributed by atoms with Crippen molar-refractivity contribution in [3.63, 3.8) is 0 Å². The number of furan rings is 1. The Kier molecular flexibility index (Phi) is 3.30. The van der Waals surface area contributed by atoms with Crippen molar-refractivity contribution in [2.45, 2.75) is 19.8 Å². The molecule has 2 aromatic heterocycles. The maximum Gasteiger partial charge on any atom is 0.153 e. The van der Waals surface area contributed by atoms with E-state index in [4.69, 9.17) is 4.42 Å². The SMILES string of the molecule is CC(C)c1nc(Br)cc(-c2cc3cc(F)ccc3o2)n1. The molecule has 0 spiro atoms. The minimum Gasteiger partial charge on any atom is -0.454 e. The van der Waals surface area contributed by atoms with Gasteiger partial charge >= 0.3 is 0 Å². The van der Waals surface area contributed by atoms with Crippen molar-refractivity contribution < 1.29 is 8.81 Å². The first-order chi connectivity index (χ1) is 9.52. The fourth-order valence-corrected chi connectivity index (χ4v) is 2.36. The van der Waals surface area contributed by atoms with Gasteiger partial charge in [-0.2, -0.15) is 0 Å². The molecule has 3 aromatic rings. The lowest BCUT2D eigenvalue weighted by atomic mass is 10.2. The van der Waals surface area contributed by atoms with Crippen LogP contribution in [0.5, 0.6) is 0 Å². The molecule has 0 aliphatic heterocycles. The van der Waals surface area contributed by atoms with E-state index < -0.39 is 0 Å². The largest absolute Gasteiger partial charge is 0.454 e. The molecule has 2 heterocycles. The molecule has 0 saturated carbocycles. The van der Waals surface area contributed by atoms with E-state index in [0.29, 0.717) is 21.6 Å². The van der Waals surface area contributed by atoms with Crippen LogP contribution in [-0.4, -0.2) is 9.97 Å². The number of benzene rings is 1. The fraction of sp³-hybridized carbons (Fsp3) is 0.200. The van der Waals surface area contributed by atoms with Crippen LogP contribution >= 0.6 is 15.9 Å². The lowest BCUT2D eigenvalue weighted by molar-refractivity contribution is 0.616. The molecule has 5 heteroatoms. The first-order valence-electron chi connectivity index (χ1n) is 6.27. The molecule has 0 radical (unpaired) electrons. The summed E-state index contributed by atoms with van der Waals surface area (Å²) in [5.41, 5.74) is 1.33. The molecule has 3 rings (SSSR count). The highest BCUT2D eigenvalue weighted by Gasteiger charge is 2.12. The van der Waals surface area contributed by atoms with Crippen LogP contribution in [0.15, 0.2) is 39.4 Å². The van der Waals surface area contributed by atoms with Gasteiger partial charge in [0.2, 0.25) is 0 Å². The minimum atomic E-state index is -0.281. The molecule has 20 heavy (non-hydrogen) atoms. The summed E-state index contributed by atoms with van der Waals surface area (Å²) in [4.78, 5) is 8.82. The van der Waals surface area contributed by atoms with Crippen molar-refractivity contribution in [3.8, 4) is 11.5 Å². The quantitative estimate of drug-likeness (QED) is 0.624. The van der Waals surface area contributed by atoms with Gasteiger partial charge in [0.1, 0.15) is 27.5 Å². The average Bonchev–Trinajstić information content (AvgIpc) is 2.80. The van der Waals surface area contributed by atoms with Crippen LogP contribution in [0.3, 0.4) is 0 Å². The normalized spacial score (nSPS) is 11.4. The van der Waals surface area contributed by atoms with Gasteiger partial charge in [0.05, 0.1) is 0 Å². The molecule has 0 unspecified atom stereocenters. The summed E-state index contributed by atoms with van der Waals surface area (Å²) in [7, 11) is 0. The molecular weight excluding hydrogens is 323 g/mol. The topological polar surface area (TPSA) is 38.9 Å². The second-order valence-corrected chi connectivity index (χ2v) is 5.69. The van der Waals surface area contributed by atoms with Crippen molar-refractivity contribution in [1.82, 2.24) is 9.97 Å². The number of aromatic nitrogens is 2. The highest BCUT2D eigenvalue weighted by molar-refractivity contribution is 9.10. The zero-order valence-corrected chi connectivity index (χ0v) is 12.6. The van der Waals surface area contributed by atoms with E-state index in [1.807, 2.05) is 13.8 Å². The Hall–Kier alpha value is -1.75. The lowest BCUT2D eigenvalue weighted by Gasteiger charge is -2.05. The first-order valence-corrected chi connectivity index (χ1v) is 7.06. The van der Waals surface area contributed by atoms with Gasteiger partial charge in [-0.1, -0.05) is 13.8 Å². The molecule has 0 atom stereocenters. The molecule has 1 aromatic carbocycles. The van der Waals surface area contributed by atoms with Crippen LogP contribution < -0.4 is 0 Å². The summed E-state index contributed by atoms with van der Waals surface area (Å²) in [6.07, 6.45) is 0. The Labute approximate surface area is 124 Å². The van der Waals surface area contributed by atoms with E-state index >= 15 is 0 Å². The van der Waals surface area contributed by atoms with E-state index in [-0.39, 0.29) is 11.7 Å². The molecule has 0 bridgehead atoms. The fourth-order valence-electron chi connectivity index (χ4n) is 1.96. The molecule has 0 saturated heterocycles. The van der Waals surface area contributed by atoms with Gasteiger partial charge < -0.3 is 4.42 Å². The van der Waals surface area contributed by atoms with Crippen LogP contribution in [0, 0.1) is 5.82 Å². The summed E-state index contributed by atoms with van der Waals surface area (Å²) in [5, 5.41) is 0.723. The number of rotatable bonds is 2. The molecule has 0 fully saturated rings. The average molecular weight is 335 g/mol. The molecular formula is C15H12BrFN2O. The Balaban J connectivity index is 2.15. The number of nitrogens with zero attached hydrogens (tertiary/aromatic N) is 2. The number of halogens is 2. The van der Waals surface area contributed by atoms with Crippen LogP contribution in [-0.2, 0) is 0 Å². The maximum atomic E-state index is 13.2. The molecule has 0 N–H and O–H groups in total. The maximum absolute atomic E-state index is 13.2. The van der Waals surface area contributed by atoms with Crippen molar-refractivity contribution in [1.29, 1.82) is 0 Å². The Morgan fingerprint density at radius 1 is 1.15 bits per heavy atom. The Bertz CT molecular complexity index is 783. The van der Waals surface area contributed by atoms with Crippen molar-refractivity contribution in [2.75, 3.05) is 0 Å². The van der Waals surface area contributed by atoms with E-state index in [1.54, 1.807) is 18.2 Å². The minimum absolute atomic E-state index is 0.216. The van der Waals surface area contributed by atoms with Crippen LogP contribution in [0.2, 0.25) is 0 Å². The van der Waals surface area contributed by atoms with Crippen molar-refractivity contribution in [3.05, 3.63) is 46.6 Å². The lowest BCUT2D eigenvalue weighted by Crippen LogP contribution is -1.99. The zero-order valence-electron chi connectivity index (χ0n) is 11.0. The van der Waals surface area contributed by atoms with Crippen LogP contribution in [0.1, 0.15) is 25.6 Å². The van der Waals surface area contributed by atoms with Gasteiger partial charge in [-0.05, 0) is 40.2 Å². The highest BCUT2D eigenvalue weighted by Crippen LogP contribution is 2.29. The van der Waals surface area contributed by atoms with E-state index in [1.165, 1.54) is 12.1 Å². The van der Waals surface area contributed by atoms with Crippen LogP contribution in [0.25, 0.3) is 22.4 Å². The molecule has 102 valence electrons. The predicted molar refractivity (Wildman–Crippen MR) is 79.0 cm³/mol. The van der Waals surface area contributed by atoms with Gasteiger partial charge in [-0.25, -0.2) is 14.4 Å². The summed E-state index contributed by atoms with van der Waals surface area (Å²) in [6, 6.07) is 8.03. The van der Waals surface area contributed by atoms with Gasteiger partial charge in [-0.15, -0.1) is 0 Å². The predicted octanol–water partition coefficient (Wildman–Crippen LogP) is 4.91. The summed E-state index contributed by atoms with van der Waals surface area (Å²) < 4.78 is 19.6. The second-order valence-electron chi connectivity index (χ2n) is 4.88. The van der Waals surface area contributed by atoms with Crippen molar-refractivity contribution >= 4 is 26.9 Å². The third-order valence-electron chi connectivity index (χ3n) is 2.96. The number of hydrogen-bond donors (Lipinski definition) is 0. The third kappa shape index (κ3) is 2.45. The van der Waals surface area contributed by atoms with E-state index in [0.717, 1.165) is 11.2 Å². The zero-order chi connectivity index (χ0) is 14.3. The second kappa shape index (κ2) is 4.98. The summed E-state index contributed by atoms with van der Waals surface area (Å²) >= 11 is 3.38. The number of fused-ring (bicyclic) bond motifs is 1. The van der Waals surface area contributed by atoms with E-state index in [9.17, 15) is 4.39 Å². The smallest absolute Gasteiger partial charge is 0.153 e. The number of hydrogen-bond acceptors (Lipinski definition) is 3. The third-order valence-corrected chi connectivity index (χ3v) is 3.37. The van der Waals surface area contributed by atoms with Crippen molar-refractivity contribution in [2.24, 2.45) is 0 Å². The summed E-state index contributed by atoms with van der Waals surface area (Å²) in [6.45, 7) is 4.05. The summed E-state index contributed by atoms with van der Waals surface area (Å²) in [5.74, 6) is 1.28. The Morgan fingerprint density at radius 2 is 1.95 bits per heavy atom. The monoisotopic (exact) mass is 334 g/mol. The highest BCUT2D eigenvalue weighted by atomic mass is 79.9. The van der Waals surface area contributed by atoms with Gasteiger partial charge in [0.15, 0.2) is 5.76 Å². The first kappa shape index (κ1) is 13.2. The Morgan fingerprint density at radius 3 is 2.70 bits per heavy atom. The standard InChI is InChI=1S/C15H12BrFN2O/c1-8(2)15-18-11(7-14(16)19-15)13-6-9-5-10(17)3-4-12(9)20-13/h3-8H,1-2H3. The molecule has 0 aliphatic carbocycles. The van der Waals surface area contributed by atoms with Gasteiger partial charge in [0.25, 0.3) is 0 Å². The molecule has 3 nitrogen and oxygen atoms in total. The molecule has 0 amide bonds.